The maximum Gasteiger partial charge on any atom is 0.394 e. The van der Waals surface area contributed by atoms with Crippen LogP contribution in [-0.2, 0) is 19.2 Å². The lowest BCUT2D eigenvalue weighted by molar-refractivity contribution is -0.150. The molecule has 8 nitrogen and oxygen atoms in total. The van der Waals surface area contributed by atoms with Crippen LogP contribution in [0.4, 0.5) is 0 Å². The van der Waals surface area contributed by atoms with Crippen LogP contribution in [0.15, 0.2) is 11.8 Å². The average Bonchev–Trinajstić information content (AvgIpc) is 2.01. The molecule has 0 rings (SSSR count). The SMILES string of the molecule is O=C(O)/C=C(/NC(=O)C(=O)O)C(=O)O. The van der Waals surface area contributed by atoms with E-state index in [0.717, 1.165) is 0 Å². The summed E-state index contributed by atoms with van der Waals surface area (Å²) in [6.07, 6.45) is 0.170. The summed E-state index contributed by atoms with van der Waals surface area (Å²) in [5.74, 6) is -6.91. The van der Waals surface area contributed by atoms with Crippen LogP contribution in [0.5, 0.6) is 0 Å². The zero-order valence-electron chi connectivity index (χ0n) is 6.55. The highest BCUT2D eigenvalue weighted by atomic mass is 16.4. The van der Waals surface area contributed by atoms with Gasteiger partial charge in [-0.15, -0.1) is 0 Å². The molecule has 8 heteroatoms. The van der Waals surface area contributed by atoms with Crippen LogP contribution in [0, 0.1) is 0 Å². The molecule has 0 fully saturated rings. The van der Waals surface area contributed by atoms with Gasteiger partial charge in [0, 0.05) is 0 Å². The summed E-state index contributed by atoms with van der Waals surface area (Å²) in [6.45, 7) is 0. The Hall–Kier alpha value is -2.38. The summed E-state index contributed by atoms with van der Waals surface area (Å²) in [6, 6.07) is 0. The van der Waals surface area contributed by atoms with Crippen LogP contribution >= 0.6 is 0 Å². The molecule has 0 aromatic rings. The second-order valence-corrected chi connectivity index (χ2v) is 1.96. The van der Waals surface area contributed by atoms with Gasteiger partial charge < -0.3 is 20.6 Å². The van der Waals surface area contributed by atoms with Gasteiger partial charge in [0.1, 0.15) is 5.70 Å². The molecule has 0 aliphatic heterocycles. The number of amides is 1. The largest absolute Gasteiger partial charge is 0.478 e. The molecule has 0 saturated heterocycles. The van der Waals surface area contributed by atoms with Gasteiger partial charge in [-0.05, 0) is 0 Å². The van der Waals surface area contributed by atoms with Crippen molar-refractivity contribution in [1.82, 2.24) is 5.32 Å². The quantitative estimate of drug-likeness (QED) is 0.314. The van der Waals surface area contributed by atoms with E-state index in [1.54, 1.807) is 0 Å². The number of rotatable bonds is 3. The van der Waals surface area contributed by atoms with Crippen molar-refractivity contribution in [2.45, 2.75) is 0 Å². The molecule has 14 heavy (non-hydrogen) atoms. The highest BCUT2D eigenvalue weighted by Crippen LogP contribution is 1.89. The number of carbonyl (C=O) groups excluding carboxylic acids is 1. The first kappa shape index (κ1) is 11.6. The van der Waals surface area contributed by atoms with E-state index in [0.29, 0.717) is 0 Å². The van der Waals surface area contributed by atoms with Crippen molar-refractivity contribution < 1.29 is 34.5 Å². The summed E-state index contributed by atoms with van der Waals surface area (Å²) in [5, 5.41) is 25.9. The lowest BCUT2D eigenvalue weighted by Crippen LogP contribution is -2.33. The Morgan fingerprint density at radius 3 is 1.71 bits per heavy atom. The highest BCUT2D eigenvalue weighted by Gasteiger charge is 2.17. The van der Waals surface area contributed by atoms with Crippen molar-refractivity contribution in [3.05, 3.63) is 11.8 Å². The highest BCUT2D eigenvalue weighted by molar-refractivity contribution is 6.32. The number of carbonyl (C=O) groups is 4. The third-order valence-corrected chi connectivity index (χ3v) is 0.941. The van der Waals surface area contributed by atoms with Crippen molar-refractivity contribution in [2.24, 2.45) is 0 Å². The van der Waals surface area contributed by atoms with E-state index in [-0.39, 0.29) is 6.08 Å². The van der Waals surface area contributed by atoms with E-state index in [9.17, 15) is 19.2 Å². The molecule has 0 aliphatic carbocycles. The zero-order valence-corrected chi connectivity index (χ0v) is 6.55. The number of nitrogens with one attached hydrogen (secondary N) is 1. The van der Waals surface area contributed by atoms with E-state index in [2.05, 4.69) is 0 Å². The molecule has 4 N–H and O–H groups in total. The van der Waals surface area contributed by atoms with Crippen molar-refractivity contribution in [2.75, 3.05) is 0 Å². The fourth-order valence-corrected chi connectivity index (χ4v) is 0.451. The van der Waals surface area contributed by atoms with E-state index < -0.39 is 29.5 Å². The molecule has 0 aromatic heterocycles. The van der Waals surface area contributed by atoms with Crippen molar-refractivity contribution >= 4 is 23.8 Å². The van der Waals surface area contributed by atoms with Gasteiger partial charge in [0.15, 0.2) is 0 Å². The van der Waals surface area contributed by atoms with Gasteiger partial charge >= 0.3 is 23.8 Å². The minimum atomic E-state index is -1.91. The summed E-state index contributed by atoms with van der Waals surface area (Å²) < 4.78 is 0. The van der Waals surface area contributed by atoms with Gasteiger partial charge in [-0.25, -0.2) is 14.4 Å². The second-order valence-electron chi connectivity index (χ2n) is 1.96. The number of carboxylic acids is 3. The maximum atomic E-state index is 10.4. The fourth-order valence-electron chi connectivity index (χ4n) is 0.451. The molecule has 0 saturated carbocycles. The van der Waals surface area contributed by atoms with Crippen LogP contribution in [-0.4, -0.2) is 39.1 Å². The normalized spacial score (nSPS) is 10.4. The van der Waals surface area contributed by atoms with E-state index in [4.69, 9.17) is 15.3 Å². The second kappa shape index (κ2) is 4.60. The average molecular weight is 203 g/mol. The Labute approximate surface area is 76.5 Å². The zero-order chi connectivity index (χ0) is 11.3. The first-order chi connectivity index (χ1) is 6.34. The predicted molar refractivity (Wildman–Crippen MR) is 39.1 cm³/mol. The van der Waals surface area contributed by atoms with E-state index in [1.807, 2.05) is 0 Å². The standard InChI is InChI=1S/C6H5NO7/c8-3(9)1-2(5(11)12)7-4(10)6(13)14/h1H,(H,7,10)(H,8,9)(H,11,12)(H,13,14)/b2-1+. The van der Waals surface area contributed by atoms with Gasteiger partial charge in [0.05, 0.1) is 6.08 Å². The lowest BCUT2D eigenvalue weighted by Gasteiger charge is -2.00. The Morgan fingerprint density at radius 2 is 1.43 bits per heavy atom. The molecule has 0 spiro atoms. The number of hydrogen-bond acceptors (Lipinski definition) is 4. The van der Waals surface area contributed by atoms with E-state index >= 15 is 0 Å². The van der Waals surface area contributed by atoms with Crippen LogP contribution < -0.4 is 5.32 Å². The molecular formula is C6H5NO7. The van der Waals surface area contributed by atoms with Crippen molar-refractivity contribution in [3.8, 4) is 0 Å². The minimum Gasteiger partial charge on any atom is -0.478 e. The molecule has 0 aliphatic rings. The van der Waals surface area contributed by atoms with Crippen LogP contribution in [0.2, 0.25) is 0 Å². The molecular weight excluding hydrogens is 198 g/mol. The minimum absolute atomic E-state index is 0.170. The predicted octanol–water partition coefficient (Wildman–Crippen LogP) is -1.76. The molecule has 0 unspecified atom stereocenters. The summed E-state index contributed by atoms with van der Waals surface area (Å²) in [5.41, 5.74) is -1.02. The maximum absolute atomic E-state index is 10.4. The Morgan fingerprint density at radius 1 is 0.929 bits per heavy atom. The molecule has 0 atom stereocenters. The van der Waals surface area contributed by atoms with Crippen molar-refractivity contribution in [3.63, 3.8) is 0 Å². The smallest absolute Gasteiger partial charge is 0.394 e. The lowest BCUT2D eigenvalue weighted by atomic mass is 10.4. The van der Waals surface area contributed by atoms with E-state index in [1.165, 1.54) is 5.32 Å². The van der Waals surface area contributed by atoms with Gasteiger partial charge in [-0.1, -0.05) is 0 Å². The first-order valence-electron chi connectivity index (χ1n) is 3.06. The van der Waals surface area contributed by atoms with Gasteiger partial charge in [-0.2, -0.15) is 0 Å². The number of hydrogen-bond donors (Lipinski definition) is 4. The molecule has 0 radical (unpaired) electrons. The monoisotopic (exact) mass is 203 g/mol. The molecule has 0 bridgehead atoms. The Bertz CT molecular complexity index is 329. The topological polar surface area (TPSA) is 141 Å². The van der Waals surface area contributed by atoms with Crippen LogP contribution in [0.1, 0.15) is 0 Å². The summed E-state index contributed by atoms with van der Waals surface area (Å²) in [7, 11) is 0. The summed E-state index contributed by atoms with van der Waals surface area (Å²) in [4.78, 5) is 40.7. The van der Waals surface area contributed by atoms with Crippen molar-refractivity contribution in [1.29, 1.82) is 0 Å². The Kier molecular flexibility index (Phi) is 3.82. The van der Waals surface area contributed by atoms with Crippen LogP contribution in [0.25, 0.3) is 0 Å². The third-order valence-electron chi connectivity index (χ3n) is 0.941. The van der Waals surface area contributed by atoms with Crippen LogP contribution in [0.3, 0.4) is 0 Å². The number of carboxylic acid groups (broad SMARTS) is 3. The molecule has 1 amide bonds. The first-order valence-corrected chi connectivity index (χ1v) is 3.06. The third kappa shape index (κ3) is 3.85. The molecule has 76 valence electrons. The van der Waals surface area contributed by atoms with Gasteiger partial charge in [0.25, 0.3) is 0 Å². The fraction of sp³-hybridized carbons (Fsp3) is 0. The van der Waals surface area contributed by atoms with Gasteiger partial charge in [0.2, 0.25) is 0 Å². The molecule has 0 aromatic carbocycles. The molecule has 0 heterocycles. The number of aliphatic carboxylic acids is 3. The summed E-state index contributed by atoms with van der Waals surface area (Å²) >= 11 is 0. The van der Waals surface area contributed by atoms with Gasteiger partial charge in [-0.3, -0.25) is 4.79 Å². The Balaban J connectivity index is 4.72.